The molecule has 0 saturated carbocycles. The van der Waals surface area contributed by atoms with E-state index >= 15 is 0 Å². The van der Waals surface area contributed by atoms with Crippen LogP contribution < -0.4 is 5.73 Å². The number of halogens is 2. The highest BCUT2D eigenvalue weighted by Gasteiger charge is 2.22. The number of methoxy groups -OCH3 is 1. The molecule has 0 radical (unpaired) electrons. The normalized spacial score (nSPS) is 13.9. The zero-order valence-corrected chi connectivity index (χ0v) is 7.85. The van der Waals surface area contributed by atoms with Crippen LogP contribution in [0.15, 0.2) is 0 Å². The third-order valence-corrected chi connectivity index (χ3v) is 1.63. The van der Waals surface area contributed by atoms with E-state index in [2.05, 4.69) is 4.74 Å². The summed E-state index contributed by atoms with van der Waals surface area (Å²) < 4.78 is 28.9. The van der Waals surface area contributed by atoms with Gasteiger partial charge < -0.3 is 10.5 Å². The number of rotatable bonds is 5. The summed E-state index contributed by atoms with van der Waals surface area (Å²) in [4.78, 5) is 10.7. The first-order valence-corrected chi connectivity index (χ1v) is 4.08. The van der Waals surface area contributed by atoms with E-state index in [1.165, 1.54) is 7.11 Å². The van der Waals surface area contributed by atoms with E-state index in [0.29, 0.717) is 0 Å². The molecule has 0 aliphatic carbocycles. The summed E-state index contributed by atoms with van der Waals surface area (Å²) >= 11 is 0. The molecule has 0 aromatic carbocycles. The number of carbonyl (C=O) groups is 1. The van der Waals surface area contributed by atoms with Crippen LogP contribution in [-0.2, 0) is 9.53 Å². The number of carbonyl (C=O) groups excluding carboxylic acids is 1. The third-order valence-electron chi connectivity index (χ3n) is 1.63. The van der Waals surface area contributed by atoms with Gasteiger partial charge in [0.1, 0.15) is 6.04 Å². The molecule has 1 unspecified atom stereocenters. The van der Waals surface area contributed by atoms with Gasteiger partial charge in [0, 0.05) is 6.42 Å². The van der Waals surface area contributed by atoms with Crippen LogP contribution in [0.4, 0.5) is 8.78 Å². The summed E-state index contributed by atoms with van der Waals surface area (Å²) in [5.41, 5.74) is 5.34. The van der Waals surface area contributed by atoms with Crippen LogP contribution >= 0.6 is 0 Å². The highest BCUT2D eigenvalue weighted by molar-refractivity contribution is 5.75. The van der Waals surface area contributed by atoms with Crippen LogP contribution in [0.5, 0.6) is 0 Å². The van der Waals surface area contributed by atoms with Crippen molar-refractivity contribution < 1.29 is 18.3 Å². The van der Waals surface area contributed by atoms with Gasteiger partial charge in [-0.25, -0.2) is 8.78 Å². The molecular weight excluding hydrogens is 180 g/mol. The second-order valence-corrected chi connectivity index (χ2v) is 3.09. The molecule has 3 nitrogen and oxygen atoms in total. The number of hydrogen-bond acceptors (Lipinski definition) is 3. The summed E-state index contributed by atoms with van der Waals surface area (Å²) in [7, 11) is 1.22. The second-order valence-electron chi connectivity index (χ2n) is 3.09. The predicted molar refractivity (Wildman–Crippen MR) is 44.5 cm³/mol. The number of esters is 1. The predicted octanol–water partition coefficient (Wildman–Crippen LogP) is 1.31. The number of ether oxygens (including phenoxy) is 1. The highest BCUT2D eigenvalue weighted by atomic mass is 19.3. The molecule has 0 bridgehead atoms. The van der Waals surface area contributed by atoms with Gasteiger partial charge in [-0.15, -0.1) is 0 Å². The van der Waals surface area contributed by atoms with Crippen molar-refractivity contribution in [2.24, 2.45) is 5.73 Å². The maximum Gasteiger partial charge on any atom is 0.322 e. The van der Waals surface area contributed by atoms with E-state index in [9.17, 15) is 13.6 Å². The quantitative estimate of drug-likeness (QED) is 0.673. The van der Waals surface area contributed by atoms with Gasteiger partial charge in [-0.05, 0) is 19.8 Å². The molecule has 0 aliphatic rings. The van der Waals surface area contributed by atoms with Gasteiger partial charge in [-0.2, -0.15) is 0 Å². The first kappa shape index (κ1) is 12.3. The van der Waals surface area contributed by atoms with Crippen molar-refractivity contribution in [1.82, 2.24) is 0 Å². The molecule has 0 amide bonds. The van der Waals surface area contributed by atoms with Crippen molar-refractivity contribution in [1.29, 1.82) is 0 Å². The van der Waals surface area contributed by atoms with Crippen molar-refractivity contribution >= 4 is 5.97 Å². The minimum absolute atomic E-state index is 0.222. The number of hydrogen-bond donors (Lipinski definition) is 1. The van der Waals surface area contributed by atoms with Crippen molar-refractivity contribution in [2.45, 2.75) is 38.2 Å². The zero-order valence-electron chi connectivity index (χ0n) is 7.85. The van der Waals surface area contributed by atoms with Crippen LogP contribution in [0.3, 0.4) is 0 Å². The molecular formula is C8H15F2NO2. The molecule has 0 rings (SSSR count). The lowest BCUT2D eigenvalue weighted by molar-refractivity contribution is -0.142. The van der Waals surface area contributed by atoms with Gasteiger partial charge in [-0.1, -0.05) is 0 Å². The average molecular weight is 195 g/mol. The van der Waals surface area contributed by atoms with E-state index in [1.807, 2.05) is 0 Å². The minimum Gasteiger partial charge on any atom is -0.468 e. The molecule has 0 aromatic rings. The maximum absolute atomic E-state index is 12.3. The summed E-state index contributed by atoms with van der Waals surface area (Å²) in [6.45, 7) is 0.844. The largest absolute Gasteiger partial charge is 0.468 e. The number of nitrogens with two attached hydrogens (primary N) is 1. The van der Waals surface area contributed by atoms with E-state index in [4.69, 9.17) is 5.73 Å². The molecule has 0 aromatic heterocycles. The standard InChI is InChI=1S/C8H15F2NO2/c1-8(9,10)5-3-4-6(11)7(12)13-2/h6H,3-5,11H2,1-2H3. The third kappa shape index (κ3) is 6.45. The Labute approximate surface area is 76.2 Å². The molecule has 78 valence electrons. The van der Waals surface area contributed by atoms with Crippen molar-refractivity contribution in [3.05, 3.63) is 0 Å². The van der Waals surface area contributed by atoms with Crippen molar-refractivity contribution in [3.63, 3.8) is 0 Å². The maximum atomic E-state index is 12.3. The molecule has 13 heavy (non-hydrogen) atoms. The van der Waals surface area contributed by atoms with E-state index in [-0.39, 0.29) is 19.3 Å². The molecule has 0 spiro atoms. The van der Waals surface area contributed by atoms with E-state index in [0.717, 1.165) is 6.92 Å². The minimum atomic E-state index is -2.68. The van der Waals surface area contributed by atoms with Gasteiger partial charge in [0.05, 0.1) is 7.11 Å². The fourth-order valence-electron chi connectivity index (χ4n) is 0.902. The second kappa shape index (κ2) is 5.11. The SMILES string of the molecule is COC(=O)C(N)CCCC(C)(F)F. The van der Waals surface area contributed by atoms with Gasteiger partial charge >= 0.3 is 5.97 Å². The molecule has 0 aliphatic heterocycles. The van der Waals surface area contributed by atoms with E-state index < -0.39 is 17.9 Å². The Kier molecular flexibility index (Phi) is 4.83. The topological polar surface area (TPSA) is 52.3 Å². The molecule has 0 saturated heterocycles. The van der Waals surface area contributed by atoms with Crippen molar-refractivity contribution in [3.8, 4) is 0 Å². The van der Waals surface area contributed by atoms with Gasteiger partial charge in [0.2, 0.25) is 5.92 Å². The molecule has 1 atom stereocenters. The molecule has 0 heterocycles. The van der Waals surface area contributed by atoms with Crippen LogP contribution in [0, 0.1) is 0 Å². The van der Waals surface area contributed by atoms with Crippen molar-refractivity contribution in [2.75, 3.05) is 7.11 Å². The van der Waals surface area contributed by atoms with Gasteiger partial charge in [-0.3, -0.25) is 4.79 Å². The molecule has 5 heteroatoms. The lowest BCUT2D eigenvalue weighted by Crippen LogP contribution is -2.31. The van der Waals surface area contributed by atoms with Crippen LogP contribution in [-0.4, -0.2) is 25.0 Å². The zero-order chi connectivity index (χ0) is 10.5. The monoisotopic (exact) mass is 195 g/mol. The fraction of sp³-hybridized carbons (Fsp3) is 0.875. The highest BCUT2D eigenvalue weighted by Crippen LogP contribution is 2.20. The Morgan fingerprint density at radius 2 is 2.15 bits per heavy atom. The summed E-state index contributed by atoms with van der Waals surface area (Å²) in [5, 5.41) is 0. The summed E-state index contributed by atoms with van der Waals surface area (Å²) in [5.74, 6) is -3.24. The van der Waals surface area contributed by atoms with E-state index in [1.54, 1.807) is 0 Å². The molecule has 0 fully saturated rings. The van der Waals surface area contributed by atoms with Crippen LogP contribution in [0.25, 0.3) is 0 Å². The first-order valence-electron chi connectivity index (χ1n) is 4.08. The Hall–Kier alpha value is -0.710. The van der Waals surface area contributed by atoms with Crippen LogP contribution in [0.1, 0.15) is 26.2 Å². The Balaban J connectivity index is 3.59. The lowest BCUT2D eigenvalue weighted by atomic mass is 10.1. The van der Waals surface area contributed by atoms with Gasteiger partial charge in [0.15, 0.2) is 0 Å². The summed E-state index contributed by atoms with van der Waals surface area (Å²) in [6, 6.07) is -0.785. The van der Waals surface area contributed by atoms with Gasteiger partial charge in [0.25, 0.3) is 0 Å². The number of alkyl halides is 2. The smallest absolute Gasteiger partial charge is 0.322 e. The Bertz CT molecular complexity index is 168. The first-order chi connectivity index (χ1) is 5.87. The summed E-state index contributed by atoms with van der Waals surface area (Å²) in [6.07, 6.45) is 0.202. The van der Waals surface area contributed by atoms with Crippen LogP contribution in [0.2, 0.25) is 0 Å². The fourth-order valence-corrected chi connectivity index (χ4v) is 0.902. The average Bonchev–Trinajstić information content (AvgIpc) is 2.00. The lowest BCUT2D eigenvalue weighted by Gasteiger charge is -2.12. The Morgan fingerprint density at radius 1 is 1.62 bits per heavy atom. The Morgan fingerprint density at radius 3 is 2.54 bits per heavy atom. The molecule has 2 N–H and O–H groups in total.